The maximum Gasteiger partial charge on any atom is 0.226 e. The quantitative estimate of drug-likeness (QED) is 0.676. The zero-order valence-electron chi connectivity index (χ0n) is 16.4. The van der Waals surface area contributed by atoms with E-state index in [4.69, 9.17) is 16.3 Å². The fraction of sp³-hybridized carbons (Fsp3) is 0.409. The van der Waals surface area contributed by atoms with Crippen LogP contribution in [0.1, 0.15) is 22.7 Å². The Morgan fingerprint density at radius 3 is 2.69 bits per heavy atom. The minimum atomic E-state index is -0.173. The van der Waals surface area contributed by atoms with Crippen LogP contribution in [0.3, 0.4) is 0 Å². The molecule has 0 bridgehead atoms. The zero-order valence-corrected chi connectivity index (χ0v) is 17.1. The molecule has 6 nitrogen and oxygen atoms in total. The van der Waals surface area contributed by atoms with Crippen molar-refractivity contribution in [3.63, 3.8) is 0 Å². The van der Waals surface area contributed by atoms with Crippen molar-refractivity contribution in [2.24, 2.45) is 5.92 Å². The minimum absolute atomic E-state index is 0.0426. The van der Waals surface area contributed by atoms with E-state index in [-0.39, 0.29) is 17.9 Å². The van der Waals surface area contributed by atoms with Crippen molar-refractivity contribution in [2.75, 3.05) is 32.8 Å². The fourth-order valence-electron chi connectivity index (χ4n) is 3.90. The Morgan fingerprint density at radius 1 is 1.14 bits per heavy atom. The van der Waals surface area contributed by atoms with Crippen LogP contribution in [0.5, 0.6) is 0 Å². The molecule has 2 atom stereocenters. The second-order valence-electron chi connectivity index (χ2n) is 7.59. The second-order valence-corrected chi connectivity index (χ2v) is 8.02. The van der Waals surface area contributed by atoms with Gasteiger partial charge in [0.25, 0.3) is 0 Å². The van der Waals surface area contributed by atoms with Gasteiger partial charge in [0.05, 0.1) is 25.2 Å². The van der Waals surface area contributed by atoms with E-state index in [0.717, 1.165) is 44.0 Å². The first-order valence-electron chi connectivity index (χ1n) is 10.1. The van der Waals surface area contributed by atoms with Crippen LogP contribution in [0.2, 0.25) is 5.02 Å². The summed E-state index contributed by atoms with van der Waals surface area (Å²) in [6.45, 7) is 5.57. The molecule has 4 rings (SSSR count). The average molecular weight is 415 g/mol. The summed E-state index contributed by atoms with van der Waals surface area (Å²) in [6, 6.07) is 16.0. The van der Waals surface area contributed by atoms with E-state index >= 15 is 0 Å². The fourth-order valence-corrected chi connectivity index (χ4v) is 4.03. The monoisotopic (exact) mass is 414 g/mol. The average Bonchev–Trinajstić information content (AvgIpc) is 3.24. The number of hydrogen-bond acceptors (Lipinski definition) is 5. The molecule has 0 spiro atoms. The van der Waals surface area contributed by atoms with Crippen LogP contribution < -0.4 is 16.2 Å². The topological polar surface area (TPSA) is 65.6 Å². The minimum Gasteiger partial charge on any atom is -0.379 e. The van der Waals surface area contributed by atoms with Crippen LogP contribution in [0.25, 0.3) is 0 Å². The second kappa shape index (κ2) is 9.69. The molecule has 2 unspecified atom stereocenters. The predicted molar refractivity (Wildman–Crippen MR) is 113 cm³/mol. The molecule has 0 aromatic heterocycles. The summed E-state index contributed by atoms with van der Waals surface area (Å²) in [4.78, 5) is 15.2. The number of nitrogens with zero attached hydrogens (tertiary/aromatic N) is 1. The number of hydrazine groups is 1. The van der Waals surface area contributed by atoms with Crippen molar-refractivity contribution in [1.82, 2.24) is 21.1 Å². The number of ether oxygens (including phenoxy) is 1. The van der Waals surface area contributed by atoms with E-state index in [1.807, 2.05) is 24.3 Å². The van der Waals surface area contributed by atoms with E-state index in [1.165, 1.54) is 5.56 Å². The number of amides is 1. The van der Waals surface area contributed by atoms with E-state index < -0.39 is 0 Å². The molecule has 154 valence electrons. The number of carbonyl (C=O) groups is 1. The summed E-state index contributed by atoms with van der Waals surface area (Å²) in [5, 5.41) is 3.80. The highest BCUT2D eigenvalue weighted by Crippen LogP contribution is 2.26. The molecule has 0 aliphatic carbocycles. The molecular formula is C22H27ClN4O2. The molecule has 29 heavy (non-hydrogen) atoms. The van der Waals surface area contributed by atoms with E-state index in [9.17, 15) is 4.79 Å². The number of morpholine rings is 1. The Bertz CT molecular complexity index is 824. The van der Waals surface area contributed by atoms with Gasteiger partial charge >= 0.3 is 0 Å². The molecule has 3 N–H and O–H groups in total. The van der Waals surface area contributed by atoms with Crippen LogP contribution >= 0.6 is 11.6 Å². The summed E-state index contributed by atoms with van der Waals surface area (Å²) < 4.78 is 5.42. The third kappa shape index (κ3) is 5.35. The van der Waals surface area contributed by atoms with E-state index in [2.05, 4.69) is 45.3 Å². The van der Waals surface area contributed by atoms with E-state index in [0.29, 0.717) is 18.1 Å². The molecule has 2 aromatic carbocycles. The van der Waals surface area contributed by atoms with Gasteiger partial charge in [-0.1, -0.05) is 48.0 Å². The maximum atomic E-state index is 12.8. The van der Waals surface area contributed by atoms with Gasteiger partial charge in [-0.25, -0.2) is 5.43 Å². The van der Waals surface area contributed by atoms with Crippen LogP contribution in [0.4, 0.5) is 0 Å². The summed E-state index contributed by atoms with van der Waals surface area (Å²) in [5.74, 6) is -0.131. The van der Waals surface area contributed by atoms with Gasteiger partial charge in [-0.15, -0.1) is 0 Å². The highest BCUT2D eigenvalue weighted by atomic mass is 35.5. The largest absolute Gasteiger partial charge is 0.379 e. The van der Waals surface area contributed by atoms with E-state index in [1.54, 1.807) is 0 Å². The Hall–Kier alpha value is -1.96. The highest BCUT2D eigenvalue weighted by molar-refractivity contribution is 6.30. The van der Waals surface area contributed by atoms with Gasteiger partial charge in [0.1, 0.15) is 0 Å². The maximum absolute atomic E-state index is 12.8. The van der Waals surface area contributed by atoms with Gasteiger partial charge in [0.2, 0.25) is 5.91 Å². The lowest BCUT2D eigenvalue weighted by molar-refractivity contribution is -0.125. The number of nitrogens with one attached hydrogen (secondary N) is 3. The zero-order chi connectivity index (χ0) is 20.1. The van der Waals surface area contributed by atoms with Crippen LogP contribution in [0, 0.1) is 5.92 Å². The molecular weight excluding hydrogens is 388 g/mol. The number of halogens is 1. The number of benzene rings is 2. The molecule has 2 aliphatic heterocycles. The summed E-state index contributed by atoms with van der Waals surface area (Å²) in [6.07, 6.45) is 0. The molecule has 1 amide bonds. The lowest BCUT2D eigenvalue weighted by Gasteiger charge is -2.26. The Balaban J connectivity index is 1.34. The Morgan fingerprint density at radius 2 is 1.90 bits per heavy atom. The normalized spacial score (nSPS) is 22.5. The van der Waals surface area contributed by atoms with Crippen LogP contribution in [0.15, 0.2) is 48.5 Å². The van der Waals surface area contributed by atoms with Crippen LogP contribution in [-0.4, -0.2) is 43.7 Å². The molecule has 2 aromatic rings. The first kappa shape index (κ1) is 20.3. The van der Waals surface area contributed by atoms with Crippen molar-refractivity contribution in [1.29, 1.82) is 0 Å². The van der Waals surface area contributed by atoms with Gasteiger partial charge in [0.15, 0.2) is 0 Å². The van der Waals surface area contributed by atoms with Gasteiger partial charge in [-0.05, 0) is 28.8 Å². The molecule has 2 saturated heterocycles. The van der Waals surface area contributed by atoms with Crippen LogP contribution in [-0.2, 0) is 22.6 Å². The Kier molecular flexibility index (Phi) is 6.79. The van der Waals surface area contributed by atoms with Crippen molar-refractivity contribution in [2.45, 2.75) is 19.1 Å². The van der Waals surface area contributed by atoms with Gasteiger partial charge in [0, 0.05) is 37.7 Å². The summed E-state index contributed by atoms with van der Waals surface area (Å²) >= 11 is 5.98. The third-order valence-electron chi connectivity index (χ3n) is 5.52. The van der Waals surface area contributed by atoms with Crippen molar-refractivity contribution in [3.05, 3.63) is 70.2 Å². The number of rotatable bonds is 6. The molecule has 2 heterocycles. The standard InChI is InChI=1S/C22H27ClN4O2/c23-19-6-4-18(5-7-19)21-20(14-25-26-21)22(28)24-13-16-2-1-3-17(12-16)15-27-8-10-29-11-9-27/h1-7,12,20-21,25-26H,8-11,13-15H2,(H,24,28). The van der Waals surface area contributed by atoms with Crippen molar-refractivity contribution in [3.8, 4) is 0 Å². The number of carbonyl (C=O) groups excluding carboxylic acids is 1. The van der Waals surface area contributed by atoms with Crippen molar-refractivity contribution < 1.29 is 9.53 Å². The molecule has 2 aliphatic rings. The van der Waals surface area contributed by atoms with Crippen molar-refractivity contribution >= 4 is 17.5 Å². The summed E-state index contributed by atoms with van der Waals surface area (Å²) in [5.41, 5.74) is 9.75. The lowest BCUT2D eigenvalue weighted by atomic mass is 9.94. The molecule has 2 fully saturated rings. The highest BCUT2D eigenvalue weighted by Gasteiger charge is 2.33. The third-order valence-corrected chi connectivity index (χ3v) is 5.77. The smallest absolute Gasteiger partial charge is 0.226 e. The molecule has 0 radical (unpaired) electrons. The summed E-state index contributed by atoms with van der Waals surface area (Å²) in [7, 11) is 0. The predicted octanol–water partition coefficient (Wildman–Crippen LogP) is 2.25. The van der Waals surface area contributed by atoms with Gasteiger partial charge in [-0.3, -0.25) is 15.1 Å². The van der Waals surface area contributed by atoms with Gasteiger partial charge < -0.3 is 10.1 Å². The SMILES string of the molecule is O=C(NCc1cccc(CN2CCOCC2)c1)C1CNNC1c1ccc(Cl)cc1. The first-order chi connectivity index (χ1) is 14.2. The first-order valence-corrected chi connectivity index (χ1v) is 10.5. The van der Waals surface area contributed by atoms with Gasteiger partial charge in [-0.2, -0.15) is 0 Å². The molecule has 0 saturated carbocycles. The molecule has 7 heteroatoms. The lowest BCUT2D eigenvalue weighted by Crippen LogP contribution is -2.35. The Labute approximate surface area is 176 Å². The number of hydrogen-bond donors (Lipinski definition) is 3.